The third kappa shape index (κ3) is 4.02. The summed E-state index contributed by atoms with van der Waals surface area (Å²) >= 11 is 0. The molecule has 3 unspecified atom stereocenters. The molecule has 118 valence electrons. The highest BCUT2D eigenvalue weighted by Gasteiger charge is 2.26. The molecule has 0 amide bonds. The smallest absolute Gasteiger partial charge is 0.167 e. The molecule has 0 bridgehead atoms. The molecule has 1 aliphatic rings. The first-order valence-corrected chi connectivity index (χ1v) is 7.89. The number of nitrogens with one attached hydrogen (secondary N) is 1. The summed E-state index contributed by atoms with van der Waals surface area (Å²) in [5.74, 6) is 1.23. The van der Waals surface area contributed by atoms with E-state index in [1.165, 1.54) is 18.9 Å². The number of nitrogens with two attached hydrogens (primary N) is 1. The van der Waals surface area contributed by atoms with Crippen LogP contribution in [0.1, 0.15) is 47.0 Å². The lowest BCUT2D eigenvalue weighted by molar-refractivity contribution is 0.231. The van der Waals surface area contributed by atoms with Gasteiger partial charge in [-0.1, -0.05) is 13.8 Å². The van der Waals surface area contributed by atoms with Crippen molar-refractivity contribution in [3.8, 4) is 5.75 Å². The van der Waals surface area contributed by atoms with E-state index in [0.29, 0.717) is 17.6 Å². The Morgan fingerprint density at radius 1 is 1.29 bits per heavy atom. The summed E-state index contributed by atoms with van der Waals surface area (Å²) < 4.78 is 19.4. The van der Waals surface area contributed by atoms with Crippen LogP contribution in [0.3, 0.4) is 0 Å². The minimum Gasteiger partial charge on any atom is -0.488 e. The van der Waals surface area contributed by atoms with Crippen molar-refractivity contribution in [3.05, 3.63) is 17.9 Å². The lowest BCUT2D eigenvalue weighted by Crippen LogP contribution is -2.33. The van der Waals surface area contributed by atoms with Crippen LogP contribution < -0.4 is 15.8 Å². The van der Waals surface area contributed by atoms with E-state index in [1.807, 2.05) is 13.8 Å². The predicted molar refractivity (Wildman–Crippen MR) is 86.2 cm³/mol. The fraction of sp³-hybridized carbons (Fsp3) is 0.647. The quantitative estimate of drug-likeness (QED) is 0.807. The summed E-state index contributed by atoms with van der Waals surface area (Å²) in [5.41, 5.74) is 7.17. The standard InChI is InChI=1S/C17H27FN2O/c1-10(2)21-17-9-16(14(19)8-13(17)18)20-15-6-5-11(3)7-12(15)4/h8-12,15,20H,5-7,19H2,1-4H3. The third-order valence-electron chi connectivity index (χ3n) is 4.24. The molecule has 0 saturated heterocycles. The largest absolute Gasteiger partial charge is 0.488 e. The average Bonchev–Trinajstić information content (AvgIpc) is 2.37. The number of ether oxygens (including phenoxy) is 1. The average molecular weight is 294 g/mol. The maximum Gasteiger partial charge on any atom is 0.167 e. The number of hydrogen-bond acceptors (Lipinski definition) is 3. The van der Waals surface area contributed by atoms with Gasteiger partial charge in [0, 0.05) is 18.2 Å². The van der Waals surface area contributed by atoms with Gasteiger partial charge < -0.3 is 15.8 Å². The Kier molecular flexibility index (Phi) is 4.96. The lowest BCUT2D eigenvalue weighted by Gasteiger charge is -2.34. The molecule has 3 N–H and O–H groups in total. The molecule has 3 nitrogen and oxygen atoms in total. The van der Waals surface area contributed by atoms with Crippen molar-refractivity contribution in [1.29, 1.82) is 0 Å². The molecule has 1 fully saturated rings. The highest BCUT2D eigenvalue weighted by atomic mass is 19.1. The summed E-state index contributed by atoms with van der Waals surface area (Å²) in [6.45, 7) is 8.33. The highest BCUT2D eigenvalue weighted by molar-refractivity contribution is 5.69. The summed E-state index contributed by atoms with van der Waals surface area (Å²) in [5, 5.41) is 3.49. The summed E-state index contributed by atoms with van der Waals surface area (Å²) in [4.78, 5) is 0. The molecule has 4 heteroatoms. The van der Waals surface area contributed by atoms with E-state index in [2.05, 4.69) is 19.2 Å². The van der Waals surface area contributed by atoms with E-state index in [1.54, 1.807) is 6.07 Å². The van der Waals surface area contributed by atoms with Crippen LogP contribution in [0, 0.1) is 17.7 Å². The molecular formula is C17H27FN2O. The van der Waals surface area contributed by atoms with Gasteiger partial charge in [-0.3, -0.25) is 0 Å². The Labute approximate surface area is 127 Å². The molecule has 0 heterocycles. The van der Waals surface area contributed by atoms with Crippen molar-refractivity contribution in [3.63, 3.8) is 0 Å². The maximum atomic E-state index is 13.9. The second-order valence-electron chi connectivity index (χ2n) is 6.68. The summed E-state index contributed by atoms with van der Waals surface area (Å²) in [6.07, 6.45) is 3.50. The minimum atomic E-state index is -0.405. The number of rotatable bonds is 4. The number of anilines is 2. The van der Waals surface area contributed by atoms with Gasteiger partial charge in [0.05, 0.1) is 17.5 Å². The Morgan fingerprint density at radius 2 is 2.00 bits per heavy atom. The van der Waals surface area contributed by atoms with Crippen molar-refractivity contribution in [2.24, 2.45) is 11.8 Å². The molecule has 3 atom stereocenters. The van der Waals surface area contributed by atoms with Crippen molar-refractivity contribution in [2.75, 3.05) is 11.1 Å². The number of halogens is 1. The maximum absolute atomic E-state index is 13.9. The fourth-order valence-electron chi connectivity index (χ4n) is 3.12. The van der Waals surface area contributed by atoms with Crippen LogP contribution in [0.5, 0.6) is 5.75 Å². The first kappa shape index (κ1) is 15.9. The normalized spacial score (nSPS) is 25.9. The Bertz CT molecular complexity index is 490. The van der Waals surface area contributed by atoms with E-state index in [9.17, 15) is 4.39 Å². The molecule has 1 aliphatic carbocycles. The second-order valence-corrected chi connectivity index (χ2v) is 6.68. The fourth-order valence-corrected chi connectivity index (χ4v) is 3.12. The molecule has 0 radical (unpaired) electrons. The monoisotopic (exact) mass is 294 g/mol. The van der Waals surface area contributed by atoms with Gasteiger partial charge >= 0.3 is 0 Å². The van der Waals surface area contributed by atoms with Gasteiger partial charge in [0.25, 0.3) is 0 Å². The van der Waals surface area contributed by atoms with Gasteiger partial charge in [0.1, 0.15) is 0 Å². The van der Waals surface area contributed by atoms with E-state index < -0.39 is 5.82 Å². The molecule has 1 aromatic carbocycles. The van der Waals surface area contributed by atoms with Crippen LogP contribution in [0.4, 0.5) is 15.8 Å². The van der Waals surface area contributed by atoms with Gasteiger partial charge in [-0.2, -0.15) is 0 Å². The van der Waals surface area contributed by atoms with Crippen LogP contribution in [0.2, 0.25) is 0 Å². The Balaban J connectivity index is 2.15. The van der Waals surface area contributed by atoms with Gasteiger partial charge in [0.2, 0.25) is 0 Å². The first-order valence-electron chi connectivity index (χ1n) is 7.89. The predicted octanol–water partition coefficient (Wildman–Crippen LogP) is 4.43. The van der Waals surface area contributed by atoms with Crippen LogP contribution in [-0.2, 0) is 0 Å². The zero-order valence-corrected chi connectivity index (χ0v) is 13.4. The van der Waals surface area contributed by atoms with Gasteiger partial charge in [-0.25, -0.2) is 4.39 Å². The molecule has 1 saturated carbocycles. The van der Waals surface area contributed by atoms with Gasteiger partial charge in [-0.15, -0.1) is 0 Å². The van der Waals surface area contributed by atoms with Crippen molar-refractivity contribution in [1.82, 2.24) is 0 Å². The summed E-state index contributed by atoms with van der Waals surface area (Å²) in [6, 6.07) is 3.42. The zero-order valence-electron chi connectivity index (χ0n) is 13.4. The SMILES string of the molecule is CC1CCC(Nc2cc(OC(C)C)c(F)cc2N)C(C)C1. The van der Waals surface area contributed by atoms with E-state index in [0.717, 1.165) is 18.0 Å². The number of nitrogen functional groups attached to an aromatic ring is 1. The Morgan fingerprint density at radius 3 is 2.62 bits per heavy atom. The topological polar surface area (TPSA) is 47.3 Å². The van der Waals surface area contributed by atoms with Gasteiger partial charge in [-0.05, 0) is 44.9 Å². The number of benzene rings is 1. The minimum absolute atomic E-state index is 0.0644. The first-order chi connectivity index (χ1) is 9.86. The van der Waals surface area contributed by atoms with E-state index >= 15 is 0 Å². The molecular weight excluding hydrogens is 267 g/mol. The molecule has 2 rings (SSSR count). The van der Waals surface area contributed by atoms with Crippen LogP contribution in [0.15, 0.2) is 12.1 Å². The highest BCUT2D eigenvalue weighted by Crippen LogP contribution is 2.34. The van der Waals surface area contributed by atoms with Crippen LogP contribution >= 0.6 is 0 Å². The Hall–Kier alpha value is -1.45. The second kappa shape index (κ2) is 6.54. The van der Waals surface area contributed by atoms with Crippen molar-refractivity contribution < 1.29 is 9.13 Å². The molecule has 1 aromatic rings. The molecule has 0 aliphatic heterocycles. The van der Waals surface area contributed by atoms with Crippen molar-refractivity contribution >= 4 is 11.4 Å². The molecule has 21 heavy (non-hydrogen) atoms. The molecule has 0 aromatic heterocycles. The van der Waals surface area contributed by atoms with Crippen LogP contribution in [0.25, 0.3) is 0 Å². The van der Waals surface area contributed by atoms with Gasteiger partial charge in [0.15, 0.2) is 11.6 Å². The van der Waals surface area contributed by atoms with E-state index in [4.69, 9.17) is 10.5 Å². The lowest BCUT2D eigenvalue weighted by atomic mass is 9.80. The molecule has 0 spiro atoms. The van der Waals surface area contributed by atoms with E-state index in [-0.39, 0.29) is 11.9 Å². The zero-order chi connectivity index (χ0) is 15.6. The van der Waals surface area contributed by atoms with Crippen molar-refractivity contribution in [2.45, 2.75) is 59.1 Å². The number of hydrogen-bond donors (Lipinski definition) is 2. The third-order valence-corrected chi connectivity index (χ3v) is 4.24. The van der Waals surface area contributed by atoms with Crippen LogP contribution in [-0.4, -0.2) is 12.1 Å². The summed E-state index contributed by atoms with van der Waals surface area (Å²) in [7, 11) is 0.